The molecule has 250 valence electrons. The quantitative estimate of drug-likeness (QED) is 0.139. The number of hydrogen-bond acceptors (Lipinski definition) is 3. The van der Waals surface area contributed by atoms with E-state index < -0.39 is 10.6 Å². The molecule has 10 aromatic rings. The first-order valence-corrected chi connectivity index (χ1v) is 18.1. The number of hydrogen-bond donors (Lipinski definition) is 1. The molecule has 0 saturated carbocycles. The van der Waals surface area contributed by atoms with Crippen LogP contribution >= 0.6 is 0 Å². The lowest BCUT2D eigenvalue weighted by Crippen LogP contribution is -2.44. The fourth-order valence-electron chi connectivity index (χ4n) is 8.09. The first kappa shape index (κ1) is 33.3. The van der Waals surface area contributed by atoms with Crippen LogP contribution in [0.1, 0.15) is 5.82 Å². The molecule has 2 heterocycles. The highest BCUT2D eigenvalue weighted by Gasteiger charge is 2.39. The maximum Gasteiger partial charge on any atom is 0.136 e. The Morgan fingerprint density at radius 1 is 0.509 bits per heavy atom. The normalized spacial score (nSPS) is 13.3. The van der Waals surface area contributed by atoms with Crippen molar-refractivity contribution in [2.45, 2.75) is 10.6 Å². The van der Waals surface area contributed by atoms with Crippen molar-refractivity contribution >= 4 is 85.9 Å². The van der Waals surface area contributed by atoms with Crippen LogP contribution in [0.4, 0.5) is 0 Å². The fourth-order valence-corrected chi connectivity index (χ4v) is 8.09. The molecular weight excluding hydrogens is 668 g/mol. The van der Waals surface area contributed by atoms with Gasteiger partial charge in [0, 0.05) is 16.5 Å². The van der Waals surface area contributed by atoms with Crippen molar-refractivity contribution in [3.05, 3.63) is 170 Å². The third-order valence-corrected chi connectivity index (χ3v) is 10.8. The molecule has 8 radical (unpaired) electrons. The molecule has 0 aliphatic rings. The summed E-state index contributed by atoms with van der Waals surface area (Å²) in [5.74, 6) is 0.0311. The van der Waals surface area contributed by atoms with Gasteiger partial charge in [-0.1, -0.05) is 121 Å². The van der Waals surface area contributed by atoms with Crippen LogP contribution in [0.15, 0.2) is 168 Å². The maximum absolute atomic E-state index is 11.4. The summed E-state index contributed by atoms with van der Waals surface area (Å²) < 4.78 is 8.14. The molecule has 8 aromatic carbocycles. The molecule has 10 rings (SSSR count). The molecule has 0 bridgehead atoms. The first-order valence-electron chi connectivity index (χ1n) is 18.1. The van der Waals surface area contributed by atoms with E-state index in [1.807, 2.05) is 60.7 Å². The topological polar surface area (TPSA) is 51.2 Å². The van der Waals surface area contributed by atoms with Crippen molar-refractivity contribution in [1.29, 1.82) is 0 Å². The van der Waals surface area contributed by atoms with E-state index in [1.54, 1.807) is 4.57 Å². The summed E-state index contributed by atoms with van der Waals surface area (Å²) in [7, 11) is 24.3. The van der Waals surface area contributed by atoms with Gasteiger partial charge in [-0.05, 0) is 97.4 Å². The number of nitrogens with zero attached hydrogens (tertiary/aromatic N) is 2. The smallest absolute Gasteiger partial charge is 0.136 e. The summed E-state index contributed by atoms with van der Waals surface area (Å²) in [5.41, 5.74) is 8.01. The van der Waals surface area contributed by atoms with Gasteiger partial charge in [-0.2, -0.15) is 0 Å². The summed E-state index contributed by atoms with van der Waals surface area (Å²) in [5, 5.41) is 15.8. The number of fused-ring (bicyclic) bond motifs is 6. The van der Waals surface area contributed by atoms with E-state index in [0.717, 1.165) is 76.9 Å². The largest absolute Gasteiger partial charge is 0.456 e. The summed E-state index contributed by atoms with van der Waals surface area (Å²) in [6.07, 6.45) is 0. The molecule has 1 atom stereocenters. The minimum absolute atomic E-state index is 0.0311. The number of furan rings is 1. The number of aromatic nitrogens is 2. The van der Waals surface area contributed by atoms with Gasteiger partial charge in [0.2, 0.25) is 0 Å². The Labute approximate surface area is 323 Å². The highest BCUT2D eigenvalue weighted by Crippen LogP contribution is 2.48. The average molecular weight is 696 g/mol. The van der Waals surface area contributed by atoms with Crippen LogP contribution in [0.25, 0.3) is 93.6 Å². The van der Waals surface area contributed by atoms with Crippen molar-refractivity contribution in [3.63, 3.8) is 0 Å². The minimum atomic E-state index is -2.35. The Morgan fingerprint density at radius 3 is 1.89 bits per heavy atom. The van der Waals surface area contributed by atoms with Crippen molar-refractivity contribution in [1.82, 2.24) is 9.55 Å². The summed E-state index contributed by atoms with van der Waals surface area (Å²) in [4.78, 5) is 4.64. The van der Waals surface area contributed by atoms with Crippen molar-refractivity contribution < 1.29 is 9.52 Å². The molecule has 55 heavy (non-hydrogen) atoms. The van der Waals surface area contributed by atoms with Crippen LogP contribution < -0.4 is 0 Å². The van der Waals surface area contributed by atoms with Crippen molar-refractivity contribution in [3.8, 4) is 39.1 Å². The van der Waals surface area contributed by atoms with E-state index >= 15 is 0 Å². The molecule has 0 aliphatic heterocycles. The molecule has 0 fully saturated rings. The van der Waals surface area contributed by atoms with Gasteiger partial charge in [-0.25, -0.2) is 4.98 Å². The Bertz CT molecular complexity index is 3110. The average Bonchev–Trinajstić information content (AvgIpc) is 3.80. The van der Waals surface area contributed by atoms with Gasteiger partial charge < -0.3 is 9.52 Å². The predicted molar refractivity (Wildman–Crippen MR) is 229 cm³/mol. The monoisotopic (exact) mass is 696 g/mol. The third kappa shape index (κ3) is 5.20. The molecule has 1 N–H and O–H groups in total. The SMILES string of the molecule is [B]C([B])([B])C([B])(O)c1nc2ccccc2n1-c1ccc(-c2c3ccccc3c(-c3cccc4oc5ccccc5c34)c3cc(-c4ccccc4)ccc23)cc1. The number of benzene rings is 8. The van der Waals surface area contributed by atoms with E-state index in [1.165, 1.54) is 0 Å². The second-order valence-corrected chi connectivity index (χ2v) is 14.2. The van der Waals surface area contributed by atoms with Gasteiger partial charge in [0.25, 0.3) is 0 Å². The van der Waals surface area contributed by atoms with Gasteiger partial charge in [-0.3, -0.25) is 4.57 Å². The molecular formula is C47H28B4N2O2. The lowest BCUT2D eigenvalue weighted by molar-refractivity contribution is 0.118. The minimum Gasteiger partial charge on any atom is -0.456 e. The first-order chi connectivity index (χ1) is 26.7. The zero-order valence-electron chi connectivity index (χ0n) is 29.6. The van der Waals surface area contributed by atoms with E-state index in [-0.39, 0.29) is 5.82 Å². The number of rotatable bonds is 6. The van der Waals surface area contributed by atoms with Gasteiger partial charge in [0.15, 0.2) is 0 Å². The second-order valence-electron chi connectivity index (χ2n) is 14.2. The van der Waals surface area contributed by atoms with Gasteiger partial charge >= 0.3 is 0 Å². The second kappa shape index (κ2) is 12.4. The van der Waals surface area contributed by atoms with Gasteiger partial charge in [0.05, 0.1) is 40.1 Å². The molecule has 0 amide bonds. The number of imidazole rings is 1. The van der Waals surface area contributed by atoms with Crippen LogP contribution in [0.3, 0.4) is 0 Å². The molecule has 2 aromatic heterocycles. The highest BCUT2D eigenvalue weighted by atomic mass is 16.3. The Kier molecular flexibility index (Phi) is 7.52. The Morgan fingerprint density at radius 2 is 1.13 bits per heavy atom. The summed E-state index contributed by atoms with van der Waals surface area (Å²) in [6, 6.07) is 56.0. The predicted octanol–water partition coefficient (Wildman–Crippen LogP) is 10.1. The zero-order chi connectivity index (χ0) is 37.5. The van der Waals surface area contributed by atoms with Gasteiger partial charge in [-0.15, -0.1) is 5.11 Å². The zero-order valence-corrected chi connectivity index (χ0v) is 29.6. The van der Waals surface area contributed by atoms with Gasteiger partial charge in [0.1, 0.15) is 24.8 Å². The number of para-hydroxylation sites is 3. The summed E-state index contributed by atoms with van der Waals surface area (Å²) in [6.45, 7) is 0. The van der Waals surface area contributed by atoms with Crippen LogP contribution in [0.2, 0.25) is 5.11 Å². The van der Waals surface area contributed by atoms with Crippen molar-refractivity contribution in [2.75, 3.05) is 0 Å². The molecule has 8 heteroatoms. The molecule has 1 unspecified atom stereocenters. The highest BCUT2D eigenvalue weighted by molar-refractivity contribution is 6.62. The van der Waals surface area contributed by atoms with Crippen LogP contribution in [0, 0.1) is 0 Å². The standard InChI is InChI=1S/C47H28B4N2O2/c48-46(54,47(49,50)51)45-52-38-17-7-8-18-39(38)53(45)31-24-21-29(22-25-31)42-32-13-4-5-14-33(32)43(37-27-30(23-26-34(37)42)28-11-2-1-3-12-28)36-16-10-20-41-44(36)35-15-6-9-19-40(35)55-41/h1-27,54H. The van der Waals surface area contributed by atoms with Crippen LogP contribution in [0.5, 0.6) is 0 Å². The Balaban J connectivity index is 1.25. The Hall–Kier alpha value is -6.23. The molecule has 0 saturated heterocycles. The van der Waals surface area contributed by atoms with E-state index in [2.05, 4.69) is 108 Å². The van der Waals surface area contributed by atoms with Crippen LogP contribution in [-0.2, 0) is 5.50 Å². The maximum atomic E-state index is 11.4. The van der Waals surface area contributed by atoms with E-state index in [0.29, 0.717) is 16.7 Å². The van der Waals surface area contributed by atoms with E-state index in [4.69, 9.17) is 35.8 Å². The number of aliphatic hydroxyl groups is 1. The lowest BCUT2D eigenvalue weighted by atomic mass is 9.32. The summed E-state index contributed by atoms with van der Waals surface area (Å²) >= 11 is 0. The molecule has 4 nitrogen and oxygen atoms in total. The fraction of sp³-hybridized carbons (Fsp3) is 0.0426. The van der Waals surface area contributed by atoms with Crippen LogP contribution in [-0.4, -0.2) is 46.0 Å². The van der Waals surface area contributed by atoms with E-state index in [9.17, 15) is 5.11 Å². The third-order valence-electron chi connectivity index (χ3n) is 10.8. The molecule has 0 spiro atoms. The van der Waals surface area contributed by atoms with Crippen molar-refractivity contribution in [2.24, 2.45) is 0 Å². The lowest BCUT2D eigenvalue weighted by Gasteiger charge is -2.39. The molecule has 0 aliphatic carbocycles.